The third-order valence-electron chi connectivity index (χ3n) is 2.70. The maximum Gasteiger partial charge on any atom is 0.348 e. The molecule has 0 aromatic rings. The number of aliphatic hydroxyl groups is 3. The van der Waals surface area contributed by atoms with E-state index >= 15 is 0 Å². The molecule has 0 saturated heterocycles. The molecule has 0 aliphatic rings. The predicted octanol–water partition coefficient (Wildman–Crippen LogP) is -4.38. The molecular formula is C12H14O15. The minimum absolute atomic E-state index is 1.37. The molecule has 15 nitrogen and oxygen atoms in total. The summed E-state index contributed by atoms with van der Waals surface area (Å²) >= 11 is 0. The highest BCUT2D eigenvalue weighted by Gasteiger charge is 2.39. The normalized spacial score (nSPS) is 16.1. The average Bonchev–Trinajstić information content (AvgIpc) is 2.54. The molecule has 27 heavy (non-hydrogen) atoms. The van der Waals surface area contributed by atoms with Crippen molar-refractivity contribution in [1.29, 1.82) is 0 Å². The van der Waals surface area contributed by atoms with Crippen LogP contribution in [0.15, 0.2) is 0 Å². The monoisotopic (exact) mass is 398 g/mol. The van der Waals surface area contributed by atoms with Crippen LogP contribution in [0.2, 0.25) is 0 Å². The number of aliphatic hydroxyl groups excluding tert-OH is 3. The number of carbonyl (C=O) groups is 6. The van der Waals surface area contributed by atoms with Crippen molar-refractivity contribution < 1.29 is 74.0 Å². The minimum Gasteiger partial charge on any atom is -0.479 e. The van der Waals surface area contributed by atoms with Gasteiger partial charge < -0.3 is 45.2 Å². The number of esters is 2. The quantitative estimate of drug-likeness (QED) is 0.162. The van der Waals surface area contributed by atoms with E-state index in [1.165, 1.54) is 0 Å². The van der Waals surface area contributed by atoms with Crippen LogP contribution in [0.5, 0.6) is 0 Å². The summed E-state index contributed by atoms with van der Waals surface area (Å²) in [7, 11) is 0. The molecular weight excluding hydrogens is 384 g/mol. The molecule has 0 bridgehead atoms. The Balaban J connectivity index is 4.97. The van der Waals surface area contributed by atoms with Crippen LogP contribution in [-0.2, 0) is 38.2 Å². The Morgan fingerprint density at radius 3 is 1.33 bits per heavy atom. The summed E-state index contributed by atoms with van der Waals surface area (Å²) in [6.45, 7) is 0. The van der Waals surface area contributed by atoms with Crippen LogP contribution in [0.25, 0.3) is 0 Å². The number of aliphatic carboxylic acids is 4. The second-order valence-electron chi connectivity index (χ2n) is 4.73. The van der Waals surface area contributed by atoms with E-state index < -0.39 is 72.8 Å². The van der Waals surface area contributed by atoms with Gasteiger partial charge in [0.15, 0.2) is 18.3 Å². The summed E-state index contributed by atoms with van der Waals surface area (Å²) in [5.41, 5.74) is 0. The van der Waals surface area contributed by atoms with Crippen LogP contribution < -0.4 is 0 Å². The molecule has 0 heterocycles. The maximum absolute atomic E-state index is 11.5. The zero-order valence-corrected chi connectivity index (χ0v) is 13.0. The van der Waals surface area contributed by atoms with Gasteiger partial charge in [-0.1, -0.05) is 0 Å². The number of hydrogen-bond donors (Lipinski definition) is 7. The molecule has 0 aliphatic heterocycles. The van der Waals surface area contributed by atoms with Crippen molar-refractivity contribution in [1.82, 2.24) is 0 Å². The van der Waals surface area contributed by atoms with Crippen molar-refractivity contribution in [3.05, 3.63) is 0 Å². The van der Waals surface area contributed by atoms with Crippen molar-refractivity contribution in [2.75, 3.05) is 0 Å². The highest BCUT2D eigenvalue weighted by atomic mass is 16.6. The Bertz CT molecular complexity index is 624. The van der Waals surface area contributed by atoms with Gasteiger partial charge in [0.25, 0.3) is 0 Å². The smallest absolute Gasteiger partial charge is 0.348 e. The van der Waals surface area contributed by atoms with Crippen molar-refractivity contribution in [2.24, 2.45) is 0 Å². The zero-order valence-electron chi connectivity index (χ0n) is 13.0. The maximum atomic E-state index is 11.5. The molecule has 0 spiro atoms. The number of ether oxygens (including phenoxy) is 2. The Labute approximate surface area is 148 Å². The SMILES string of the molecule is O=C(CC(O)C(=O)OC(C(=O)O)C(O)C(=O)O)OC(C(=O)O)C(O)C(=O)O. The van der Waals surface area contributed by atoms with E-state index in [1.807, 2.05) is 0 Å². The first-order chi connectivity index (χ1) is 12.3. The number of carboxylic acids is 4. The van der Waals surface area contributed by atoms with Gasteiger partial charge in [0.05, 0.1) is 6.42 Å². The fourth-order valence-corrected chi connectivity index (χ4v) is 1.39. The number of hydrogen-bond acceptors (Lipinski definition) is 11. The number of rotatable bonds is 11. The van der Waals surface area contributed by atoms with E-state index in [9.17, 15) is 33.9 Å². The van der Waals surface area contributed by atoms with E-state index in [2.05, 4.69) is 9.47 Å². The number of carboxylic acid groups (broad SMARTS) is 4. The minimum atomic E-state index is -2.70. The van der Waals surface area contributed by atoms with E-state index in [4.69, 9.17) is 30.6 Å². The van der Waals surface area contributed by atoms with Gasteiger partial charge >= 0.3 is 35.8 Å². The van der Waals surface area contributed by atoms with Gasteiger partial charge in [-0.3, -0.25) is 4.79 Å². The molecule has 0 saturated carbocycles. The highest BCUT2D eigenvalue weighted by Crippen LogP contribution is 2.08. The summed E-state index contributed by atoms with van der Waals surface area (Å²) in [4.78, 5) is 65.5. The lowest BCUT2D eigenvalue weighted by atomic mass is 10.2. The highest BCUT2D eigenvalue weighted by molar-refractivity contribution is 5.89. The largest absolute Gasteiger partial charge is 0.479 e. The molecule has 0 rings (SSSR count). The van der Waals surface area contributed by atoms with Crippen molar-refractivity contribution >= 4 is 35.8 Å². The van der Waals surface area contributed by atoms with Crippen LogP contribution in [0.1, 0.15) is 6.42 Å². The van der Waals surface area contributed by atoms with E-state index in [0.29, 0.717) is 0 Å². The molecule has 0 fully saturated rings. The molecule has 5 unspecified atom stereocenters. The third kappa shape index (κ3) is 7.22. The molecule has 0 radical (unpaired) electrons. The van der Waals surface area contributed by atoms with Gasteiger partial charge in [0.2, 0.25) is 12.2 Å². The van der Waals surface area contributed by atoms with Gasteiger partial charge in [-0.2, -0.15) is 0 Å². The van der Waals surface area contributed by atoms with Crippen molar-refractivity contribution in [3.8, 4) is 0 Å². The molecule has 7 N–H and O–H groups in total. The van der Waals surface area contributed by atoms with Gasteiger partial charge in [-0.05, 0) is 0 Å². The topological polar surface area (TPSA) is 262 Å². The van der Waals surface area contributed by atoms with Crippen LogP contribution >= 0.6 is 0 Å². The molecule has 152 valence electrons. The Morgan fingerprint density at radius 2 is 1.00 bits per heavy atom. The fourth-order valence-electron chi connectivity index (χ4n) is 1.39. The lowest BCUT2D eigenvalue weighted by molar-refractivity contribution is -0.186. The second-order valence-corrected chi connectivity index (χ2v) is 4.73. The van der Waals surface area contributed by atoms with Gasteiger partial charge in [0.1, 0.15) is 0 Å². The van der Waals surface area contributed by atoms with Crippen molar-refractivity contribution in [3.63, 3.8) is 0 Å². The predicted molar refractivity (Wildman–Crippen MR) is 72.9 cm³/mol. The summed E-state index contributed by atoms with van der Waals surface area (Å²) < 4.78 is 8.15. The van der Waals surface area contributed by atoms with Gasteiger partial charge in [0, 0.05) is 0 Å². The first-order valence-electron chi connectivity index (χ1n) is 6.65. The fraction of sp³-hybridized carbons (Fsp3) is 0.500. The molecule has 0 aliphatic carbocycles. The van der Waals surface area contributed by atoms with Gasteiger partial charge in [-0.25, -0.2) is 24.0 Å². The Kier molecular flexibility index (Phi) is 8.77. The van der Waals surface area contributed by atoms with Gasteiger partial charge in [-0.15, -0.1) is 0 Å². The van der Waals surface area contributed by atoms with E-state index in [-0.39, 0.29) is 0 Å². The Morgan fingerprint density at radius 1 is 0.630 bits per heavy atom. The average molecular weight is 398 g/mol. The molecule has 0 aromatic heterocycles. The molecule has 5 atom stereocenters. The standard InChI is InChI=1S/C12H14O15/c13-2(12(25)27-7(11(23)24)5(16)9(19)20)1-3(14)26-6(10(21)22)4(15)8(17)18/h2,4-7,13,15-16H,1H2,(H,17,18)(H,19,20)(H,21,22)(H,23,24). The van der Waals surface area contributed by atoms with Crippen LogP contribution in [0.3, 0.4) is 0 Å². The summed E-state index contributed by atoms with van der Waals surface area (Å²) in [6.07, 6.45) is -14.5. The molecule has 0 amide bonds. The van der Waals surface area contributed by atoms with Crippen LogP contribution in [0.4, 0.5) is 0 Å². The summed E-state index contributed by atoms with van der Waals surface area (Å²) in [5.74, 6) is -11.9. The van der Waals surface area contributed by atoms with Crippen molar-refractivity contribution in [2.45, 2.75) is 36.9 Å². The van der Waals surface area contributed by atoms with E-state index in [0.717, 1.165) is 0 Å². The summed E-state index contributed by atoms with van der Waals surface area (Å²) in [5, 5.41) is 61.9. The Hall–Kier alpha value is -3.30. The molecule has 15 heteroatoms. The number of carbonyl (C=O) groups excluding carboxylic acids is 2. The van der Waals surface area contributed by atoms with Crippen LogP contribution in [-0.4, -0.2) is 102 Å². The lowest BCUT2D eigenvalue weighted by Gasteiger charge is -2.19. The lowest BCUT2D eigenvalue weighted by Crippen LogP contribution is -2.45. The summed E-state index contributed by atoms with van der Waals surface area (Å²) in [6, 6.07) is 0. The van der Waals surface area contributed by atoms with Crippen LogP contribution in [0, 0.1) is 0 Å². The second kappa shape index (κ2) is 10.00. The molecule has 0 aromatic carbocycles. The first kappa shape index (κ1) is 23.7. The van der Waals surface area contributed by atoms with E-state index in [1.54, 1.807) is 0 Å². The first-order valence-corrected chi connectivity index (χ1v) is 6.65. The third-order valence-corrected chi connectivity index (χ3v) is 2.70. The zero-order chi connectivity index (χ0) is 21.5.